The first kappa shape index (κ1) is 9.25. The van der Waals surface area contributed by atoms with E-state index in [4.69, 9.17) is 5.11 Å². The molecule has 0 amide bonds. The number of phenolic OH excluding ortho intramolecular Hbond substituents is 1. The fourth-order valence-corrected chi connectivity index (χ4v) is 0.837. The van der Waals surface area contributed by atoms with Crippen molar-refractivity contribution < 1.29 is 15.1 Å². The molecule has 0 fully saturated rings. The van der Waals surface area contributed by atoms with Crippen LogP contribution in [0.3, 0.4) is 0 Å². The number of aliphatic hydroxyl groups excluding tert-OH is 1. The first-order valence-corrected chi connectivity index (χ1v) is 3.70. The molecule has 3 N–H and O–H groups in total. The van der Waals surface area contributed by atoms with Gasteiger partial charge in [0.15, 0.2) is 0 Å². The summed E-state index contributed by atoms with van der Waals surface area (Å²) >= 11 is 0. The van der Waals surface area contributed by atoms with Gasteiger partial charge < -0.3 is 15.1 Å². The zero-order chi connectivity index (χ0) is 9.84. The number of nitrogens with one attached hydrogen (secondary N) is 1. The minimum absolute atomic E-state index is 0.216. The van der Waals surface area contributed by atoms with E-state index < -0.39 is 5.95 Å². The number of anilines is 1. The van der Waals surface area contributed by atoms with Crippen molar-refractivity contribution >= 4 is 5.69 Å². The van der Waals surface area contributed by atoms with Crippen molar-refractivity contribution in [3.63, 3.8) is 0 Å². The first-order chi connectivity index (χ1) is 6.09. The average Bonchev–Trinajstić information content (AvgIpc) is 2.07. The van der Waals surface area contributed by atoms with Crippen LogP contribution in [0.15, 0.2) is 30.7 Å². The first-order valence-electron chi connectivity index (χ1n) is 3.70. The van der Waals surface area contributed by atoms with E-state index in [0.717, 1.165) is 5.56 Å². The summed E-state index contributed by atoms with van der Waals surface area (Å²) in [7, 11) is 0. The zero-order valence-electron chi connectivity index (χ0n) is 7.24. The van der Waals surface area contributed by atoms with E-state index in [1.165, 1.54) is 6.07 Å². The molecule has 0 bridgehead atoms. The molecule has 0 saturated heterocycles. The van der Waals surface area contributed by atoms with Crippen molar-refractivity contribution in [2.24, 2.45) is 0 Å². The van der Waals surface area contributed by atoms with Crippen molar-refractivity contribution in [1.29, 1.82) is 0 Å². The van der Waals surface area contributed by atoms with Gasteiger partial charge in [-0.25, -0.2) is 5.48 Å². The number of aromatic hydroxyl groups is 1. The third-order valence-electron chi connectivity index (χ3n) is 1.48. The van der Waals surface area contributed by atoms with Crippen molar-refractivity contribution in [3.05, 3.63) is 36.3 Å². The fraction of sp³-hybridized carbons (Fsp3) is 0.111. The van der Waals surface area contributed by atoms with E-state index in [1.807, 2.05) is 0 Å². The minimum atomic E-state index is -0.411. The van der Waals surface area contributed by atoms with E-state index in [9.17, 15) is 5.11 Å². The second-order valence-corrected chi connectivity index (χ2v) is 2.60. The normalized spacial score (nSPS) is 9.31. The summed E-state index contributed by atoms with van der Waals surface area (Å²) in [5.74, 6) is -0.195. The lowest BCUT2D eigenvalue weighted by atomic mass is 10.2. The molecule has 13 heavy (non-hydrogen) atoms. The molecule has 0 aliphatic rings. The molecular formula is C9H11NO3. The Hall–Kier alpha value is -1.84. The number of aryl methyl sites for hydroxylation is 1. The van der Waals surface area contributed by atoms with Crippen LogP contribution < -0.4 is 5.48 Å². The molecular weight excluding hydrogens is 170 g/mol. The van der Waals surface area contributed by atoms with E-state index >= 15 is 0 Å². The number of phenols is 1. The summed E-state index contributed by atoms with van der Waals surface area (Å²) in [4.78, 5) is 4.55. The van der Waals surface area contributed by atoms with Gasteiger partial charge in [-0.1, -0.05) is 0 Å². The molecule has 4 nitrogen and oxygen atoms in total. The maximum Gasteiger partial charge on any atom is 0.296 e. The van der Waals surface area contributed by atoms with Crippen LogP contribution in [0.2, 0.25) is 0 Å². The largest absolute Gasteiger partial charge is 0.508 e. The topological polar surface area (TPSA) is 61.7 Å². The van der Waals surface area contributed by atoms with Gasteiger partial charge in [0.25, 0.3) is 5.95 Å². The Labute approximate surface area is 76.0 Å². The molecule has 0 unspecified atom stereocenters. The van der Waals surface area contributed by atoms with Gasteiger partial charge in [0.2, 0.25) is 0 Å². The van der Waals surface area contributed by atoms with Gasteiger partial charge in [0.1, 0.15) is 5.75 Å². The Kier molecular flexibility index (Phi) is 2.64. The molecule has 0 spiro atoms. The molecule has 0 aliphatic heterocycles. The highest BCUT2D eigenvalue weighted by Crippen LogP contribution is 2.20. The highest BCUT2D eigenvalue weighted by atomic mass is 16.7. The molecule has 4 heteroatoms. The molecule has 0 saturated carbocycles. The minimum Gasteiger partial charge on any atom is -0.508 e. The molecule has 0 radical (unpaired) electrons. The smallest absolute Gasteiger partial charge is 0.296 e. The highest BCUT2D eigenvalue weighted by molar-refractivity contribution is 5.48. The molecule has 0 aromatic heterocycles. The maximum atomic E-state index is 9.19. The lowest BCUT2D eigenvalue weighted by Gasteiger charge is -2.07. The Morgan fingerprint density at radius 2 is 2.23 bits per heavy atom. The fourth-order valence-electron chi connectivity index (χ4n) is 0.837. The quantitative estimate of drug-likeness (QED) is 0.379. The van der Waals surface area contributed by atoms with Gasteiger partial charge in [-0.15, -0.1) is 0 Å². The molecule has 0 aliphatic carbocycles. The van der Waals surface area contributed by atoms with Crippen LogP contribution in [0.4, 0.5) is 5.69 Å². The lowest BCUT2D eigenvalue weighted by molar-refractivity contribution is 0.136. The van der Waals surface area contributed by atoms with Crippen LogP contribution in [-0.2, 0) is 4.84 Å². The van der Waals surface area contributed by atoms with Crippen LogP contribution in [0.25, 0.3) is 0 Å². The lowest BCUT2D eigenvalue weighted by Crippen LogP contribution is -1.99. The number of benzene rings is 1. The monoisotopic (exact) mass is 181 g/mol. The van der Waals surface area contributed by atoms with Crippen molar-refractivity contribution in [1.82, 2.24) is 0 Å². The summed E-state index contributed by atoms with van der Waals surface area (Å²) in [6.07, 6.45) is 0. The Morgan fingerprint density at radius 3 is 2.77 bits per heavy atom. The molecule has 70 valence electrons. The SMILES string of the molecule is C=C(O)ONc1ccc(O)c(C)c1. The number of hydrogen-bond acceptors (Lipinski definition) is 4. The van der Waals surface area contributed by atoms with Gasteiger partial charge in [0, 0.05) is 0 Å². The number of rotatable bonds is 3. The van der Waals surface area contributed by atoms with E-state index in [2.05, 4.69) is 16.9 Å². The van der Waals surface area contributed by atoms with Gasteiger partial charge >= 0.3 is 0 Å². The van der Waals surface area contributed by atoms with Crippen LogP contribution in [0.5, 0.6) is 5.75 Å². The predicted octanol–water partition coefficient (Wildman–Crippen LogP) is 2.07. The number of hydrogen-bond donors (Lipinski definition) is 3. The summed E-state index contributed by atoms with van der Waals surface area (Å²) < 4.78 is 0. The van der Waals surface area contributed by atoms with E-state index in [0.29, 0.717) is 5.69 Å². The van der Waals surface area contributed by atoms with Gasteiger partial charge in [0.05, 0.1) is 5.69 Å². The maximum absolute atomic E-state index is 9.19. The summed E-state index contributed by atoms with van der Waals surface area (Å²) in [5.41, 5.74) is 3.80. The highest BCUT2D eigenvalue weighted by Gasteiger charge is 1.97. The molecule has 0 heterocycles. The Morgan fingerprint density at radius 1 is 1.54 bits per heavy atom. The second kappa shape index (κ2) is 3.71. The van der Waals surface area contributed by atoms with Crippen LogP contribution in [0, 0.1) is 6.92 Å². The average molecular weight is 181 g/mol. The summed E-state index contributed by atoms with van der Waals surface area (Å²) in [6, 6.07) is 4.82. The van der Waals surface area contributed by atoms with Crippen molar-refractivity contribution in [2.45, 2.75) is 6.92 Å². The van der Waals surface area contributed by atoms with Crippen LogP contribution in [0.1, 0.15) is 5.56 Å². The molecule has 1 aromatic rings. The van der Waals surface area contributed by atoms with Gasteiger partial charge in [-0.05, 0) is 37.3 Å². The van der Waals surface area contributed by atoms with E-state index in [-0.39, 0.29) is 5.75 Å². The second-order valence-electron chi connectivity index (χ2n) is 2.60. The summed E-state index contributed by atoms with van der Waals surface area (Å²) in [5, 5.41) is 17.8. The molecule has 1 aromatic carbocycles. The predicted molar refractivity (Wildman–Crippen MR) is 49.3 cm³/mol. The summed E-state index contributed by atoms with van der Waals surface area (Å²) in [6.45, 7) is 4.89. The van der Waals surface area contributed by atoms with Gasteiger partial charge in [-0.3, -0.25) is 0 Å². The Bertz CT molecular complexity index is 323. The molecule has 0 atom stereocenters. The third kappa shape index (κ3) is 2.59. The number of aliphatic hydroxyl groups is 1. The van der Waals surface area contributed by atoms with E-state index in [1.54, 1.807) is 19.1 Å². The van der Waals surface area contributed by atoms with Crippen LogP contribution in [-0.4, -0.2) is 10.2 Å². The zero-order valence-corrected chi connectivity index (χ0v) is 7.24. The Balaban J connectivity index is 2.68. The third-order valence-corrected chi connectivity index (χ3v) is 1.48. The molecule has 1 rings (SSSR count). The van der Waals surface area contributed by atoms with Crippen LogP contribution >= 0.6 is 0 Å². The standard InChI is InChI=1S/C9H11NO3/c1-6-5-8(3-4-9(6)12)10-13-7(2)11/h3-5,10-12H,2H2,1H3. The van der Waals surface area contributed by atoms with Crippen molar-refractivity contribution in [2.75, 3.05) is 5.48 Å². The van der Waals surface area contributed by atoms with Crippen molar-refractivity contribution in [3.8, 4) is 5.75 Å². The van der Waals surface area contributed by atoms with Gasteiger partial charge in [-0.2, -0.15) is 0 Å².